The predicted octanol–water partition coefficient (Wildman–Crippen LogP) is 1.44. The first kappa shape index (κ1) is 15.8. The molecule has 7 nitrogen and oxygen atoms in total. The van der Waals surface area contributed by atoms with Crippen molar-refractivity contribution in [2.45, 2.75) is 18.8 Å². The first-order valence-corrected chi connectivity index (χ1v) is 6.64. The van der Waals surface area contributed by atoms with Crippen LogP contribution in [0.5, 0.6) is 11.5 Å². The van der Waals surface area contributed by atoms with E-state index in [-0.39, 0.29) is 19.6 Å². The molecule has 0 aromatic heterocycles. The highest BCUT2D eigenvalue weighted by atomic mass is 16.7. The molecular weight excluding hydrogens is 292 g/mol. The second kappa shape index (κ2) is 6.93. The van der Waals surface area contributed by atoms with Crippen LogP contribution in [-0.4, -0.2) is 39.2 Å². The van der Waals surface area contributed by atoms with E-state index in [4.69, 9.17) is 14.2 Å². The summed E-state index contributed by atoms with van der Waals surface area (Å²) in [5.74, 6) is -0.845. The van der Waals surface area contributed by atoms with Crippen molar-refractivity contribution in [2.75, 3.05) is 21.0 Å². The number of rotatable bonds is 6. The van der Waals surface area contributed by atoms with Crippen LogP contribution >= 0.6 is 0 Å². The Kier molecular flexibility index (Phi) is 4.98. The number of hydrogen-bond donors (Lipinski definition) is 0. The van der Waals surface area contributed by atoms with E-state index in [1.165, 1.54) is 20.3 Å². The molecule has 0 saturated carbocycles. The van der Waals surface area contributed by atoms with Crippen molar-refractivity contribution in [3.05, 3.63) is 23.3 Å². The monoisotopic (exact) mass is 308 g/mol. The van der Waals surface area contributed by atoms with Crippen molar-refractivity contribution in [3.63, 3.8) is 0 Å². The molecule has 1 aromatic carbocycles. The average molecular weight is 308 g/mol. The fourth-order valence-corrected chi connectivity index (χ4v) is 2.28. The van der Waals surface area contributed by atoms with Crippen LogP contribution in [0.15, 0.2) is 12.1 Å². The van der Waals surface area contributed by atoms with Gasteiger partial charge in [0, 0.05) is 12.0 Å². The molecule has 1 aliphatic heterocycles. The van der Waals surface area contributed by atoms with Crippen LogP contribution in [0.1, 0.15) is 34.7 Å². The Morgan fingerprint density at radius 1 is 1.23 bits per heavy atom. The van der Waals surface area contributed by atoms with E-state index in [0.29, 0.717) is 28.9 Å². The second-order valence-corrected chi connectivity index (χ2v) is 4.64. The maximum atomic E-state index is 12.0. The van der Waals surface area contributed by atoms with Gasteiger partial charge in [-0.1, -0.05) is 0 Å². The van der Waals surface area contributed by atoms with Crippen LogP contribution < -0.4 is 9.47 Å². The van der Waals surface area contributed by atoms with Crippen LogP contribution in [0.3, 0.4) is 0 Å². The Hall–Kier alpha value is -2.57. The van der Waals surface area contributed by atoms with E-state index in [9.17, 15) is 14.4 Å². The molecule has 22 heavy (non-hydrogen) atoms. The van der Waals surface area contributed by atoms with Crippen molar-refractivity contribution in [1.82, 2.24) is 0 Å². The fourth-order valence-electron chi connectivity index (χ4n) is 2.28. The molecule has 1 atom stereocenters. The zero-order valence-electron chi connectivity index (χ0n) is 12.3. The van der Waals surface area contributed by atoms with Gasteiger partial charge in [-0.2, -0.15) is 0 Å². The smallest absolute Gasteiger partial charge is 0.313 e. The minimum Gasteiger partial charge on any atom is -0.469 e. The number of fused-ring (bicyclic) bond motifs is 1. The van der Waals surface area contributed by atoms with Gasteiger partial charge in [-0.05, 0) is 24.1 Å². The standard InChI is InChI=1S/C15H16O7/c1-19-14(17)4-3-10(15(18)20-2)11-6-13-12(21-8-22-13)5-9(11)7-16/h5-7,10H,3-4,8H2,1-2H3. The molecule has 0 N–H and O–H groups in total. The molecule has 1 aliphatic rings. The van der Waals surface area contributed by atoms with Gasteiger partial charge < -0.3 is 18.9 Å². The number of benzene rings is 1. The normalized spacial score (nSPS) is 13.4. The van der Waals surface area contributed by atoms with Gasteiger partial charge in [0.25, 0.3) is 0 Å². The highest BCUT2D eigenvalue weighted by molar-refractivity contribution is 5.86. The molecule has 0 fully saturated rings. The molecule has 0 amide bonds. The minimum absolute atomic E-state index is 0.0308. The Morgan fingerprint density at radius 3 is 2.50 bits per heavy atom. The summed E-state index contributed by atoms with van der Waals surface area (Å²) in [6.45, 7) is 0.0577. The lowest BCUT2D eigenvalue weighted by Crippen LogP contribution is -2.17. The van der Waals surface area contributed by atoms with Crippen molar-refractivity contribution >= 4 is 18.2 Å². The summed E-state index contributed by atoms with van der Waals surface area (Å²) in [6, 6.07) is 3.09. The minimum atomic E-state index is -0.765. The lowest BCUT2D eigenvalue weighted by atomic mass is 9.90. The van der Waals surface area contributed by atoms with Gasteiger partial charge in [0.05, 0.1) is 20.1 Å². The Balaban J connectivity index is 2.35. The second-order valence-electron chi connectivity index (χ2n) is 4.64. The topological polar surface area (TPSA) is 88.1 Å². The quantitative estimate of drug-likeness (QED) is 0.580. The van der Waals surface area contributed by atoms with Crippen LogP contribution in [0.2, 0.25) is 0 Å². The third-order valence-corrected chi connectivity index (χ3v) is 3.43. The molecule has 1 heterocycles. The lowest BCUT2D eigenvalue weighted by molar-refractivity contribution is -0.143. The number of carbonyl (C=O) groups excluding carboxylic acids is 3. The molecule has 1 aromatic rings. The van der Waals surface area contributed by atoms with Gasteiger partial charge in [-0.3, -0.25) is 14.4 Å². The SMILES string of the molecule is COC(=O)CCC(C(=O)OC)c1cc2c(cc1C=O)OCO2. The van der Waals surface area contributed by atoms with E-state index in [2.05, 4.69) is 4.74 Å². The summed E-state index contributed by atoms with van der Waals surface area (Å²) in [4.78, 5) is 34.6. The van der Waals surface area contributed by atoms with Gasteiger partial charge in [0.15, 0.2) is 11.5 Å². The van der Waals surface area contributed by atoms with Crippen molar-refractivity contribution in [3.8, 4) is 11.5 Å². The summed E-state index contributed by atoms with van der Waals surface area (Å²) in [5.41, 5.74) is 0.736. The van der Waals surface area contributed by atoms with Crippen molar-refractivity contribution in [1.29, 1.82) is 0 Å². The zero-order valence-corrected chi connectivity index (χ0v) is 12.3. The Labute approximate surface area is 127 Å². The average Bonchev–Trinajstić information content (AvgIpc) is 3.00. The van der Waals surface area contributed by atoms with Gasteiger partial charge in [0.1, 0.15) is 6.29 Å². The van der Waals surface area contributed by atoms with Gasteiger partial charge in [0.2, 0.25) is 6.79 Å². The molecule has 0 bridgehead atoms. The predicted molar refractivity (Wildman–Crippen MR) is 74.0 cm³/mol. The number of aldehydes is 1. The Bertz CT molecular complexity index is 594. The summed E-state index contributed by atoms with van der Waals surface area (Å²) < 4.78 is 19.8. The summed E-state index contributed by atoms with van der Waals surface area (Å²) in [6.07, 6.45) is 0.828. The number of hydrogen-bond acceptors (Lipinski definition) is 7. The van der Waals surface area contributed by atoms with Gasteiger partial charge in [-0.25, -0.2) is 0 Å². The summed E-state index contributed by atoms with van der Waals surface area (Å²) in [5, 5.41) is 0. The Morgan fingerprint density at radius 2 is 1.91 bits per heavy atom. The first-order chi connectivity index (χ1) is 10.6. The molecule has 0 spiro atoms. The molecule has 1 unspecified atom stereocenters. The van der Waals surface area contributed by atoms with Crippen LogP contribution in [0.25, 0.3) is 0 Å². The molecule has 0 aliphatic carbocycles. The van der Waals surface area contributed by atoms with E-state index >= 15 is 0 Å². The largest absolute Gasteiger partial charge is 0.469 e. The number of carbonyl (C=O) groups is 3. The molecule has 7 heteroatoms. The molecule has 118 valence electrons. The highest BCUT2D eigenvalue weighted by Crippen LogP contribution is 2.38. The number of methoxy groups -OCH3 is 2. The van der Waals surface area contributed by atoms with E-state index in [0.717, 1.165) is 0 Å². The third kappa shape index (κ3) is 3.19. The van der Waals surface area contributed by atoms with E-state index in [1.807, 2.05) is 0 Å². The molecule has 0 radical (unpaired) electrons. The molecule has 2 rings (SSSR count). The molecule has 0 saturated heterocycles. The summed E-state index contributed by atoms with van der Waals surface area (Å²) >= 11 is 0. The maximum absolute atomic E-state index is 12.0. The van der Waals surface area contributed by atoms with E-state index in [1.54, 1.807) is 6.07 Å². The zero-order chi connectivity index (χ0) is 16.1. The highest BCUT2D eigenvalue weighted by Gasteiger charge is 2.28. The third-order valence-electron chi connectivity index (χ3n) is 3.43. The van der Waals surface area contributed by atoms with Crippen molar-refractivity contribution in [2.24, 2.45) is 0 Å². The first-order valence-electron chi connectivity index (χ1n) is 6.64. The number of esters is 2. The van der Waals surface area contributed by atoms with Crippen LogP contribution in [-0.2, 0) is 19.1 Å². The van der Waals surface area contributed by atoms with Gasteiger partial charge in [-0.15, -0.1) is 0 Å². The van der Waals surface area contributed by atoms with Crippen LogP contribution in [0.4, 0.5) is 0 Å². The fraction of sp³-hybridized carbons (Fsp3) is 0.400. The maximum Gasteiger partial charge on any atom is 0.313 e. The van der Waals surface area contributed by atoms with Gasteiger partial charge >= 0.3 is 11.9 Å². The summed E-state index contributed by atoms with van der Waals surface area (Å²) in [7, 11) is 2.52. The van der Waals surface area contributed by atoms with E-state index < -0.39 is 17.9 Å². The lowest BCUT2D eigenvalue weighted by Gasteiger charge is -2.17. The number of ether oxygens (including phenoxy) is 4. The van der Waals surface area contributed by atoms with Crippen LogP contribution in [0, 0.1) is 0 Å². The molecular formula is C15H16O7. The van der Waals surface area contributed by atoms with Crippen molar-refractivity contribution < 1.29 is 33.3 Å².